The van der Waals surface area contributed by atoms with Gasteiger partial charge in [0, 0.05) is 5.41 Å². The summed E-state index contributed by atoms with van der Waals surface area (Å²) in [4.78, 5) is 12.7. The number of benzene rings is 3. The first-order valence-electron chi connectivity index (χ1n) is 14.8. The van der Waals surface area contributed by atoms with Gasteiger partial charge >= 0.3 is 6.16 Å². The lowest BCUT2D eigenvalue weighted by Gasteiger charge is -2.34. The Balaban J connectivity index is 1.57. The Kier molecular flexibility index (Phi) is 11.4. The van der Waals surface area contributed by atoms with Crippen molar-refractivity contribution in [3.63, 3.8) is 0 Å². The molecular formula is C34H48O5Si2. The van der Waals surface area contributed by atoms with E-state index in [4.69, 9.17) is 18.3 Å². The van der Waals surface area contributed by atoms with Gasteiger partial charge in [-0.3, -0.25) is 0 Å². The molecule has 0 N–H and O–H groups in total. The van der Waals surface area contributed by atoms with Crippen molar-refractivity contribution in [2.24, 2.45) is 0 Å². The maximum atomic E-state index is 12.7. The van der Waals surface area contributed by atoms with Gasteiger partial charge in [0.15, 0.2) is 16.6 Å². The summed E-state index contributed by atoms with van der Waals surface area (Å²) in [6.45, 7) is 15.9. The maximum absolute atomic E-state index is 12.7. The highest BCUT2D eigenvalue weighted by Gasteiger charge is 2.32. The van der Waals surface area contributed by atoms with Crippen LogP contribution in [0.25, 0.3) is 0 Å². The van der Waals surface area contributed by atoms with E-state index in [1.54, 1.807) is 7.11 Å². The van der Waals surface area contributed by atoms with E-state index in [1.165, 1.54) is 24.4 Å². The van der Waals surface area contributed by atoms with Gasteiger partial charge in [-0.05, 0) is 98.1 Å². The minimum absolute atomic E-state index is 0.222. The van der Waals surface area contributed by atoms with Crippen molar-refractivity contribution >= 4 is 22.8 Å². The number of carbonyl (C=O) groups is 1. The summed E-state index contributed by atoms with van der Waals surface area (Å²) in [5.41, 5.74) is 3.07. The van der Waals surface area contributed by atoms with E-state index in [2.05, 4.69) is 59.1 Å². The second-order valence-corrected chi connectivity index (χ2v) is 21.4. The Bertz CT molecular complexity index is 1250. The zero-order chi connectivity index (χ0) is 30.1. The lowest BCUT2D eigenvalue weighted by atomic mass is 9.78. The van der Waals surface area contributed by atoms with Gasteiger partial charge in [-0.2, -0.15) is 0 Å². The van der Waals surface area contributed by atoms with Crippen molar-refractivity contribution in [3.05, 3.63) is 89.5 Å². The molecule has 0 aliphatic carbocycles. The molecule has 0 amide bonds. The number of methoxy groups -OCH3 is 1. The molecule has 0 unspecified atom stereocenters. The van der Waals surface area contributed by atoms with E-state index in [0.717, 1.165) is 35.8 Å². The van der Waals surface area contributed by atoms with E-state index in [0.29, 0.717) is 11.5 Å². The summed E-state index contributed by atoms with van der Waals surface area (Å²) < 4.78 is 23.2. The fourth-order valence-electron chi connectivity index (χ4n) is 5.29. The Morgan fingerprint density at radius 3 is 1.83 bits per heavy atom. The molecule has 0 bridgehead atoms. The average Bonchev–Trinajstić information content (AvgIpc) is 2.92. The van der Waals surface area contributed by atoms with Gasteiger partial charge in [-0.25, -0.2) is 4.79 Å². The summed E-state index contributed by atoms with van der Waals surface area (Å²) in [5.74, 6) is 1.82. The van der Waals surface area contributed by atoms with Crippen LogP contribution < -0.4 is 14.2 Å². The van der Waals surface area contributed by atoms with Gasteiger partial charge in [0.05, 0.1) is 7.11 Å². The summed E-state index contributed by atoms with van der Waals surface area (Å²) in [6, 6.07) is 25.7. The molecule has 0 radical (unpaired) electrons. The SMILES string of the molecule is CCCC[Si](C)(C)O[Si](C)(C)CCCc1ccccc1OC(=O)Oc1ccc(C(C)(C)c2ccc(OC)cc2)cc1. The number of hydrogen-bond acceptors (Lipinski definition) is 5. The molecule has 0 aromatic heterocycles. The Hall–Kier alpha value is -2.88. The number of carbonyl (C=O) groups excluding carboxylic acids is 1. The van der Waals surface area contributed by atoms with E-state index >= 15 is 0 Å². The molecule has 3 aromatic carbocycles. The summed E-state index contributed by atoms with van der Waals surface area (Å²) in [6.07, 6.45) is 3.56. The smallest absolute Gasteiger partial charge is 0.497 e. The first-order valence-corrected chi connectivity index (χ1v) is 21.0. The summed E-state index contributed by atoms with van der Waals surface area (Å²) in [5, 5.41) is 0. The van der Waals surface area contributed by atoms with Crippen LogP contribution in [0.5, 0.6) is 17.2 Å². The standard InChI is InChI=1S/C34H48O5Si2/c1-9-10-25-40(5,6)39-41(7,8)26-13-15-27-14-11-12-16-32(27)38-33(35)37-31-23-19-29(20-24-31)34(2,3)28-17-21-30(36-4)22-18-28/h11-12,14,16-24H,9-10,13,15,25-26H2,1-8H3. The van der Waals surface area contributed by atoms with Crippen LogP contribution >= 0.6 is 0 Å². The van der Waals surface area contributed by atoms with Gasteiger partial charge in [-0.15, -0.1) is 0 Å². The Morgan fingerprint density at radius 2 is 1.27 bits per heavy atom. The molecule has 3 rings (SSSR count). The van der Waals surface area contributed by atoms with Crippen molar-refractivity contribution in [2.75, 3.05) is 7.11 Å². The largest absolute Gasteiger partial charge is 0.519 e. The van der Waals surface area contributed by atoms with Crippen LogP contribution in [0, 0.1) is 0 Å². The Labute approximate surface area is 249 Å². The highest BCUT2D eigenvalue weighted by atomic mass is 28.4. The number of ether oxygens (including phenoxy) is 3. The first-order chi connectivity index (χ1) is 19.3. The molecule has 0 heterocycles. The lowest BCUT2D eigenvalue weighted by molar-refractivity contribution is 0.151. The van der Waals surface area contributed by atoms with Crippen LogP contribution in [0.1, 0.15) is 56.7 Å². The summed E-state index contributed by atoms with van der Waals surface area (Å²) >= 11 is 0. The molecule has 3 aromatic rings. The third kappa shape index (κ3) is 9.87. The van der Waals surface area contributed by atoms with Gasteiger partial charge in [-0.1, -0.05) is 76.1 Å². The Morgan fingerprint density at radius 1 is 0.732 bits per heavy atom. The molecule has 222 valence electrons. The normalized spacial score (nSPS) is 12.2. The second kappa shape index (κ2) is 14.3. The van der Waals surface area contributed by atoms with Crippen molar-refractivity contribution in [2.45, 2.75) is 90.1 Å². The van der Waals surface area contributed by atoms with E-state index in [9.17, 15) is 4.79 Å². The fourth-order valence-corrected chi connectivity index (χ4v) is 14.3. The van der Waals surface area contributed by atoms with Crippen molar-refractivity contribution in [1.82, 2.24) is 0 Å². The molecule has 5 nitrogen and oxygen atoms in total. The molecule has 0 atom stereocenters. The predicted molar refractivity (Wildman–Crippen MR) is 174 cm³/mol. The molecule has 0 spiro atoms. The van der Waals surface area contributed by atoms with E-state index in [1.807, 2.05) is 60.7 Å². The van der Waals surface area contributed by atoms with Crippen LogP contribution in [0.15, 0.2) is 72.8 Å². The van der Waals surface area contributed by atoms with E-state index < -0.39 is 22.8 Å². The van der Waals surface area contributed by atoms with Crippen molar-refractivity contribution in [3.8, 4) is 17.2 Å². The summed E-state index contributed by atoms with van der Waals surface area (Å²) in [7, 11) is -1.72. The number of unbranched alkanes of at least 4 members (excludes halogenated alkanes) is 1. The molecule has 41 heavy (non-hydrogen) atoms. The highest BCUT2D eigenvalue weighted by molar-refractivity contribution is 6.84. The number of rotatable bonds is 14. The first kappa shape index (κ1) is 32.6. The zero-order valence-electron chi connectivity index (χ0n) is 26.2. The number of aryl methyl sites for hydroxylation is 1. The fraction of sp³-hybridized carbons (Fsp3) is 0.441. The zero-order valence-corrected chi connectivity index (χ0v) is 28.2. The minimum atomic E-state index is -1.76. The second-order valence-electron chi connectivity index (χ2n) is 12.5. The van der Waals surface area contributed by atoms with Crippen LogP contribution in [0.4, 0.5) is 4.79 Å². The third-order valence-electron chi connectivity index (χ3n) is 7.66. The maximum Gasteiger partial charge on any atom is 0.519 e. The average molecular weight is 593 g/mol. The van der Waals surface area contributed by atoms with Gasteiger partial charge in [0.25, 0.3) is 0 Å². The number of hydrogen-bond donors (Lipinski definition) is 0. The van der Waals surface area contributed by atoms with Crippen LogP contribution in [0.2, 0.25) is 38.3 Å². The van der Waals surface area contributed by atoms with Crippen LogP contribution in [0.3, 0.4) is 0 Å². The molecule has 0 saturated carbocycles. The van der Waals surface area contributed by atoms with Crippen LogP contribution in [-0.2, 0) is 16.0 Å². The van der Waals surface area contributed by atoms with E-state index in [-0.39, 0.29) is 5.41 Å². The van der Waals surface area contributed by atoms with Gasteiger partial charge < -0.3 is 18.3 Å². The topological polar surface area (TPSA) is 54.0 Å². The molecular weight excluding hydrogens is 545 g/mol. The lowest BCUT2D eigenvalue weighted by Crippen LogP contribution is -2.44. The molecule has 0 aliphatic rings. The third-order valence-corrected chi connectivity index (χ3v) is 15.2. The molecule has 0 fully saturated rings. The predicted octanol–water partition coefficient (Wildman–Crippen LogP) is 9.76. The quantitative estimate of drug-likeness (QED) is 0.106. The monoisotopic (exact) mass is 592 g/mol. The molecule has 7 heteroatoms. The minimum Gasteiger partial charge on any atom is -0.497 e. The van der Waals surface area contributed by atoms with Gasteiger partial charge in [0.1, 0.15) is 17.2 Å². The molecule has 0 saturated heterocycles. The van der Waals surface area contributed by atoms with Crippen LogP contribution in [-0.4, -0.2) is 29.9 Å². The number of para-hydroxylation sites is 1. The van der Waals surface area contributed by atoms with Crippen molar-refractivity contribution in [1.29, 1.82) is 0 Å². The van der Waals surface area contributed by atoms with Gasteiger partial charge in [0.2, 0.25) is 0 Å². The highest BCUT2D eigenvalue weighted by Crippen LogP contribution is 2.33. The molecule has 0 aliphatic heterocycles. The van der Waals surface area contributed by atoms with Crippen molar-refractivity contribution < 1.29 is 23.1 Å².